The van der Waals surface area contributed by atoms with Gasteiger partial charge in [-0.25, -0.2) is 0 Å². The molecule has 0 aliphatic heterocycles. The number of alkyl halides is 3. The zero-order valence-corrected chi connectivity index (χ0v) is 11.5. The van der Waals surface area contributed by atoms with Gasteiger partial charge in [0.2, 0.25) is 0 Å². The Morgan fingerprint density at radius 2 is 1.95 bits per heavy atom. The number of nitrogens with one attached hydrogen (secondary N) is 1. The van der Waals surface area contributed by atoms with Crippen LogP contribution in [0.1, 0.15) is 51.9 Å². The van der Waals surface area contributed by atoms with E-state index in [4.69, 9.17) is 4.74 Å². The quantitative estimate of drug-likeness (QED) is 0.801. The van der Waals surface area contributed by atoms with Gasteiger partial charge in [-0.3, -0.25) is 0 Å². The van der Waals surface area contributed by atoms with E-state index in [1.54, 1.807) is 0 Å². The highest BCUT2D eigenvalue weighted by Gasteiger charge is 2.32. The van der Waals surface area contributed by atoms with Crippen LogP contribution >= 0.6 is 0 Å². The topological polar surface area (TPSA) is 21.3 Å². The maximum atomic E-state index is 12.1. The number of rotatable bonds is 6. The highest BCUT2D eigenvalue weighted by atomic mass is 19.4. The molecule has 0 aromatic rings. The molecule has 1 N–H and O–H groups in total. The molecule has 2 nitrogen and oxygen atoms in total. The molecule has 2 rings (SSSR count). The van der Waals surface area contributed by atoms with Gasteiger partial charge in [-0.2, -0.15) is 13.2 Å². The molecule has 0 heterocycles. The zero-order valence-electron chi connectivity index (χ0n) is 11.5. The summed E-state index contributed by atoms with van der Waals surface area (Å²) in [6.07, 6.45) is 2.92. The summed E-state index contributed by atoms with van der Waals surface area (Å²) < 4.78 is 41.4. The van der Waals surface area contributed by atoms with E-state index >= 15 is 0 Å². The summed E-state index contributed by atoms with van der Waals surface area (Å²) in [6, 6.07) is 0.791. The fourth-order valence-corrected chi connectivity index (χ4v) is 2.98. The smallest absolute Gasteiger partial charge is 0.369 e. The van der Waals surface area contributed by atoms with E-state index in [0.29, 0.717) is 18.5 Å². The van der Waals surface area contributed by atoms with Gasteiger partial charge in [0, 0.05) is 12.1 Å². The summed E-state index contributed by atoms with van der Waals surface area (Å²) in [5.41, 5.74) is 0. The second kappa shape index (κ2) is 6.44. The third-order valence-corrected chi connectivity index (χ3v) is 4.01. The predicted molar refractivity (Wildman–Crippen MR) is 68.0 cm³/mol. The Morgan fingerprint density at radius 1 is 1.21 bits per heavy atom. The van der Waals surface area contributed by atoms with Crippen molar-refractivity contribution >= 4 is 0 Å². The molecule has 0 aromatic carbocycles. The van der Waals surface area contributed by atoms with Crippen molar-refractivity contribution in [2.45, 2.75) is 76.2 Å². The Bertz CT molecular complexity index is 278. The molecule has 112 valence electrons. The largest absolute Gasteiger partial charge is 0.411 e. The molecule has 0 bridgehead atoms. The Balaban J connectivity index is 1.67. The average molecular weight is 279 g/mol. The van der Waals surface area contributed by atoms with E-state index in [0.717, 1.165) is 25.2 Å². The first-order valence-corrected chi connectivity index (χ1v) is 7.37. The van der Waals surface area contributed by atoms with E-state index in [9.17, 15) is 13.2 Å². The van der Waals surface area contributed by atoms with Crippen molar-refractivity contribution in [1.82, 2.24) is 5.32 Å². The van der Waals surface area contributed by atoms with Crippen LogP contribution in [-0.2, 0) is 4.74 Å². The van der Waals surface area contributed by atoms with E-state index in [1.165, 1.54) is 19.3 Å². The van der Waals surface area contributed by atoms with Crippen LogP contribution in [0.15, 0.2) is 0 Å². The van der Waals surface area contributed by atoms with Crippen molar-refractivity contribution in [3.8, 4) is 0 Å². The van der Waals surface area contributed by atoms with Crippen LogP contribution < -0.4 is 5.32 Å². The Hall–Kier alpha value is -0.290. The lowest BCUT2D eigenvalue weighted by Gasteiger charge is -2.32. The highest BCUT2D eigenvalue weighted by molar-refractivity contribution is 4.84. The molecule has 0 spiro atoms. The standard InChI is InChI=1S/C14H24F3NO/c1-10(7-11-5-6-11)18-12-3-2-4-13(8-12)19-9-14(15,16)17/h10-13,18H,2-9H2,1H3. The minimum Gasteiger partial charge on any atom is -0.369 e. The van der Waals surface area contributed by atoms with Crippen LogP contribution in [0.4, 0.5) is 13.2 Å². The molecule has 0 aromatic heterocycles. The maximum Gasteiger partial charge on any atom is 0.411 e. The van der Waals surface area contributed by atoms with Gasteiger partial charge < -0.3 is 10.1 Å². The summed E-state index contributed by atoms with van der Waals surface area (Å²) in [4.78, 5) is 0. The van der Waals surface area contributed by atoms with Crippen molar-refractivity contribution in [2.24, 2.45) is 5.92 Å². The molecule has 0 amide bonds. The molecular formula is C14H24F3NO. The minimum absolute atomic E-state index is 0.235. The van der Waals surface area contributed by atoms with Gasteiger partial charge in [-0.1, -0.05) is 12.8 Å². The van der Waals surface area contributed by atoms with Crippen molar-refractivity contribution < 1.29 is 17.9 Å². The van der Waals surface area contributed by atoms with Crippen molar-refractivity contribution in [1.29, 1.82) is 0 Å². The van der Waals surface area contributed by atoms with Gasteiger partial charge in [0.05, 0.1) is 6.10 Å². The Morgan fingerprint density at radius 3 is 2.58 bits per heavy atom. The van der Waals surface area contributed by atoms with Gasteiger partial charge in [-0.15, -0.1) is 0 Å². The number of hydrogen-bond donors (Lipinski definition) is 1. The summed E-state index contributed by atoms with van der Waals surface area (Å²) >= 11 is 0. The fraction of sp³-hybridized carbons (Fsp3) is 1.00. The molecule has 5 heteroatoms. The average Bonchev–Trinajstić information content (AvgIpc) is 3.09. The normalized spacial score (nSPS) is 30.3. The van der Waals surface area contributed by atoms with Crippen LogP contribution in [0.3, 0.4) is 0 Å². The van der Waals surface area contributed by atoms with Gasteiger partial charge in [0.1, 0.15) is 6.61 Å². The Kier molecular flexibility index (Phi) is 5.12. The predicted octanol–water partition coefficient (Wildman–Crippen LogP) is 3.65. The molecule has 19 heavy (non-hydrogen) atoms. The fourth-order valence-electron chi connectivity index (χ4n) is 2.98. The lowest BCUT2D eigenvalue weighted by Crippen LogP contribution is -2.42. The van der Waals surface area contributed by atoms with Crippen LogP contribution in [0.2, 0.25) is 0 Å². The number of halogens is 3. The molecular weight excluding hydrogens is 255 g/mol. The summed E-state index contributed by atoms with van der Waals surface area (Å²) in [6.45, 7) is 1.07. The van der Waals surface area contributed by atoms with Crippen LogP contribution in [0.5, 0.6) is 0 Å². The second-order valence-corrected chi connectivity index (χ2v) is 6.16. The lowest BCUT2D eigenvalue weighted by molar-refractivity contribution is -0.188. The highest BCUT2D eigenvalue weighted by Crippen LogP contribution is 2.34. The molecule has 2 fully saturated rings. The van der Waals surface area contributed by atoms with Gasteiger partial charge in [0.15, 0.2) is 0 Å². The van der Waals surface area contributed by atoms with E-state index in [1.807, 2.05) is 0 Å². The molecule has 3 atom stereocenters. The van der Waals surface area contributed by atoms with Crippen molar-refractivity contribution in [3.05, 3.63) is 0 Å². The van der Waals surface area contributed by atoms with Crippen LogP contribution in [0.25, 0.3) is 0 Å². The first-order valence-electron chi connectivity index (χ1n) is 7.37. The van der Waals surface area contributed by atoms with E-state index in [2.05, 4.69) is 12.2 Å². The van der Waals surface area contributed by atoms with E-state index in [-0.39, 0.29) is 6.10 Å². The number of hydrogen-bond acceptors (Lipinski definition) is 2. The van der Waals surface area contributed by atoms with E-state index < -0.39 is 12.8 Å². The first-order chi connectivity index (χ1) is 8.92. The molecule has 0 saturated heterocycles. The van der Waals surface area contributed by atoms with Crippen molar-refractivity contribution in [2.75, 3.05) is 6.61 Å². The summed E-state index contributed by atoms with van der Waals surface area (Å²) in [7, 11) is 0. The minimum atomic E-state index is -4.21. The zero-order chi connectivity index (χ0) is 13.9. The second-order valence-electron chi connectivity index (χ2n) is 6.16. The third kappa shape index (κ3) is 6.13. The molecule has 3 unspecified atom stereocenters. The number of ether oxygens (including phenoxy) is 1. The summed E-state index contributed by atoms with van der Waals surface area (Å²) in [5, 5.41) is 3.56. The molecule has 0 radical (unpaired) electrons. The molecule has 2 aliphatic rings. The first kappa shape index (κ1) is 15.1. The SMILES string of the molecule is CC(CC1CC1)NC1CCCC(OCC(F)(F)F)C1. The third-order valence-electron chi connectivity index (χ3n) is 4.01. The lowest BCUT2D eigenvalue weighted by atomic mass is 9.92. The summed E-state index contributed by atoms with van der Waals surface area (Å²) in [5.74, 6) is 0.878. The Labute approximate surface area is 113 Å². The molecule has 2 saturated carbocycles. The monoisotopic (exact) mass is 279 g/mol. The van der Waals surface area contributed by atoms with Crippen molar-refractivity contribution in [3.63, 3.8) is 0 Å². The van der Waals surface area contributed by atoms with Gasteiger partial charge in [0.25, 0.3) is 0 Å². The van der Waals surface area contributed by atoms with Crippen LogP contribution in [-0.4, -0.2) is 31.0 Å². The van der Waals surface area contributed by atoms with Crippen LogP contribution in [0, 0.1) is 5.92 Å². The van der Waals surface area contributed by atoms with Gasteiger partial charge >= 0.3 is 6.18 Å². The maximum absolute atomic E-state index is 12.1. The molecule has 2 aliphatic carbocycles. The van der Waals surface area contributed by atoms with Gasteiger partial charge in [-0.05, 0) is 44.9 Å².